The molecule has 268 valence electrons. The van der Waals surface area contributed by atoms with E-state index in [0.29, 0.717) is 28.9 Å². The molecule has 5 aromatic rings. The van der Waals surface area contributed by atoms with Crippen molar-refractivity contribution in [3.8, 4) is 11.1 Å². The van der Waals surface area contributed by atoms with Crippen molar-refractivity contribution in [2.75, 3.05) is 32.0 Å². The number of benzene rings is 3. The molecule has 0 bridgehead atoms. The fraction of sp³-hybridized carbons (Fsp3) is 0.325. The van der Waals surface area contributed by atoms with Crippen LogP contribution in [0.5, 0.6) is 0 Å². The Balaban J connectivity index is 1.04. The van der Waals surface area contributed by atoms with Gasteiger partial charge >= 0.3 is 5.97 Å². The number of aromatic nitrogens is 4. The van der Waals surface area contributed by atoms with Crippen LogP contribution < -0.4 is 5.32 Å². The maximum absolute atomic E-state index is 13.7. The van der Waals surface area contributed by atoms with Crippen molar-refractivity contribution in [3.05, 3.63) is 122 Å². The molecule has 2 aliphatic rings. The summed E-state index contributed by atoms with van der Waals surface area (Å²) >= 11 is 7.00. The van der Waals surface area contributed by atoms with Crippen molar-refractivity contribution in [3.63, 3.8) is 0 Å². The van der Waals surface area contributed by atoms with E-state index in [4.69, 9.17) is 26.7 Å². The Morgan fingerprint density at radius 2 is 1.48 bits per heavy atom. The standard InChI is InChI=1S/C40H42ClN7O4/c1-24-27(21-35(49)37-42-31-22-45(2)18-16-33(31)46(37)3)7-5-8-28(24)29-9-6-10-30(36(29)41)44-39(50)38-43-32-23-48(20-17-34(32)47(38)4)19-15-25-11-13-26(14-12-25)40(51)52/h5-14H,15-23H2,1-4H3,(H,44,50)(H,51,52). The number of anilines is 1. The Morgan fingerprint density at radius 1 is 0.827 bits per heavy atom. The van der Waals surface area contributed by atoms with Crippen LogP contribution in [0.4, 0.5) is 5.69 Å². The molecule has 0 radical (unpaired) electrons. The minimum atomic E-state index is -0.932. The molecule has 2 aromatic heterocycles. The third kappa shape index (κ3) is 6.91. The van der Waals surface area contributed by atoms with Crippen LogP contribution in [-0.2, 0) is 52.9 Å². The van der Waals surface area contributed by atoms with Crippen LogP contribution in [0.2, 0.25) is 5.02 Å². The van der Waals surface area contributed by atoms with Crippen molar-refractivity contribution >= 4 is 34.9 Å². The van der Waals surface area contributed by atoms with Gasteiger partial charge in [0.05, 0.1) is 27.7 Å². The number of imidazole rings is 2. The highest BCUT2D eigenvalue weighted by Crippen LogP contribution is 2.37. The number of nitrogens with one attached hydrogen (secondary N) is 1. The zero-order chi connectivity index (χ0) is 36.7. The van der Waals surface area contributed by atoms with Crippen LogP contribution in [0.3, 0.4) is 0 Å². The van der Waals surface area contributed by atoms with Crippen molar-refractivity contribution in [1.29, 1.82) is 0 Å². The molecule has 11 nitrogen and oxygen atoms in total. The molecule has 3 aromatic carbocycles. The van der Waals surface area contributed by atoms with Crippen molar-refractivity contribution < 1.29 is 19.5 Å². The molecule has 12 heteroatoms. The summed E-state index contributed by atoms with van der Waals surface area (Å²) in [7, 11) is 5.86. The van der Waals surface area contributed by atoms with E-state index in [1.165, 1.54) is 0 Å². The van der Waals surface area contributed by atoms with E-state index >= 15 is 0 Å². The van der Waals surface area contributed by atoms with E-state index in [-0.39, 0.29) is 23.7 Å². The molecule has 0 saturated heterocycles. The van der Waals surface area contributed by atoms with Gasteiger partial charge in [-0.1, -0.05) is 54.1 Å². The first-order chi connectivity index (χ1) is 25.0. The van der Waals surface area contributed by atoms with E-state index in [0.717, 1.165) is 96.0 Å². The molecule has 2 aliphatic heterocycles. The third-order valence-electron chi connectivity index (χ3n) is 10.5. The molecule has 0 fully saturated rings. The summed E-state index contributed by atoms with van der Waals surface area (Å²) in [6, 6.07) is 18.4. The van der Waals surface area contributed by atoms with Gasteiger partial charge in [-0.25, -0.2) is 14.8 Å². The van der Waals surface area contributed by atoms with Gasteiger partial charge in [-0.3, -0.25) is 14.5 Å². The summed E-state index contributed by atoms with van der Waals surface area (Å²) in [6.07, 6.45) is 2.64. The lowest BCUT2D eigenvalue weighted by molar-refractivity contribution is 0.0696. The van der Waals surface area contributed by atoms with Gasteiger partial charge in [-0.05, 0) is 60.8 Å². The maximum atomic E-state index is 13.7. The van der Waals surface area contributed by atoms with Gasteiger partial charge in [-0.2, -0.15) is 0 Å². The van der Waals surface area contributed by atoms with E-state index < -0.39 is 5.97 Å². The molecule has 0 atom stereocenters. The highest BCUT2D eigenvalue weighted by molar-refractivity contribution is 6.36. The zero-order valence-corrected chi connectivity index (χ0v) is 30.6. The number of nitrogens with zero attached hydrogens (tertiary/aromatic N) is 6. The van der Waals surface area contributed by atoms with Crippen LogP contribution in [-0.4, -0.2) is 78.4 Å². The van der Waals surface area contributed by atoms with Gasteiger partial charge in [0.1, 0.15) is 0 Å². The van der Waals surface area contributed by atoms with Crippen LogP contribution in [0.25, 0.3) is 11.1 Å². The molecule has 52 heavy (non-hydrogen) atoms. The molecule has 0 saturated carbocycles. The van der Waals surface area contributed by atoms with Crippen molar-refractivity contribution in [1.82, 2.24) is 28.9 Å². The molecular formula is C40H42ClN7O4. The topological polar surface area (TPSA) is 126 Å². The number of carboxylic acid groups (broad SMARTS) is 1. The first kappa shape index (κ1) is 35.3. The number of hydrogen-bond acceptors (Lipinski definition) is 7. The predicted octanol–water partition coefficient (Wildman–Crippen LogP) is 5.75. The van der Waals surface area contributed by atoms with Gasteiger partial charge < -0.3 is 24.5 Å². The number of carboxylic acids is 1. The van der Waals surface area contributed by atoms with E-state index in [1.807, 2.05) is 72.6 Å². The zero-order valence-electron chi connectivity index (χ0n) is 29.9. The first-order valence-corrected chi connectivity index (χ1v) is 17.9. The fourth-order valence-corrected chi connectivity index (χ4v) is 7.69. The van der Waals surface area contributed by atoms with Gasteiger partial charge in [0.25, 0.3) is 5.91 Å². The predicted molar refractivity (Wildman–Crippen MR) is 200 cm³/mol. The lowest BCUT2D eigenvalue weighted by Gasteiger charge is -2.26. The minimum Gasteiger partial charge on any atom is -0.478 e. The first-order valence-electron chi connectivity index (χ1n) is 17.5. The quantitative estimate of drug-likeness (QED) is 0.175. The summed E-state index contributed by atoms with van der Waals surface area (Å²) in [5.74, 6) is -0.503. The number of ketones is 1. The van der Waals surface area contributed by atoms with Crippen LogP contribution >= 0.6 is 11.6 Å². The number of amides is 1. The highest BCUT2D eigenvalue weighted by Gasteiger charge is 2.27. The van der Waals surface area contributed by atoms with Crippen LogP contribution in [0.1, 0.15) is 71.1 Å². The number of rotatable bonds is 10. The van der Waals surface area contributed by atoms with Gasteiger partial charge in [0, 0.05) is 83.0 Å². The highest BCUT2D eigenvalue weighted by atomic mass is 35.5. The number of halogens is 1. The van der Waals surface area contributed by atoms with Gasteiger partial charge in [-0.15, -0.1) is 0 Å². The van der Waals surface area contributed by atoms with Crippen molar-refractivity contribution in [2.45, 2.75) is 45.7 Å². The van der Waals surface area contributed by atoms with Crippen LogP contribution in [0.15, 0.2) is 60.7 Å². The second-order valence-electron chi connectivity index (χ2n) is 13.9. The molecule has 7 rings (SSSR count). The second kappa shape index (κ2) is 14.5. The lowest BCUT2D eigenvalue weighted by Crippen LogP contribution is -2.32. The molecule has 0 spiro atoms. The number of hydrogen-bond donors (Lipinski definition) is 2. The molecule has 2 N–H and O–H groups in total. The number of carbonyl (C=O) groups is 3. The Labute approximate surface area is 307 Å². The number of likely N-dealkylation sites (N-methyl/N-ethyl adjacent to an activating group) is 1. The normalized spacial score (nSPS) is 14.6. The van der Waals surface area contributed by atoms with E-state index in [1.54, 1.807) is 18.2 Å². The van der Waals surface area contributed by atoms with Gasteiger partial charge in [0.15, 0.2) is 11.6 Å². The Kier molecular flexibility index (Phi) is 9.84. The Hall–Kier alpha value is -5.10. The molecule has 1 amide bonds. The smallest absolute Gasteiger partial charge is 0.335 e. The van der Waals surface area contributed by atoms with E-state index in [2.05, 4.69) is 22.2 Å². The molecule has 0 aliphatic carbocycles. The van der Waals surface area contributed by atoms with E-state index in [9.17, 15) is 14.4 Å². The molecule has 4 heterocycles. The SMILES string of the molecule is Cc1c(CC(=O)c2nc3c(n2C)CCN(C)C3)cccc1-c1cccc(NC(=O)c2nc3c(n2C)CCN(CCc2ccc(C(=O)O)cc2)C3)c1Cl. The fourth-order valence-electron chi connectivity index (χ4n) is 7.42. The summed E-state index contributed by atoms with van der Waals surface area (Å²) in [5, 5.41) is 12.6. The Morgan fingerprint density at radius 3 is 2.23 bits per heavy atom. The number of carbonyl (C=O) groups excluding carboxylic acids is 2. The number of Topliss-reactive ketones (excluding diaryl/α,β-unsaturated/α-hetero) is 1. The van der Waals surface area contributed by atoms with Crippen molar-refractivity contribution in [2.24, 2.45) is 14.1 Å². The number of fused-ring (bicyclic) bond motifs is 2. The average Bonchev–Trinajstić information content (AvgIpc) is 3.64. The summed E-state index contributed by atoms with van der Waals surface area (Å²) in [6.45, 7) is 5.94. The summed E-state index contributed by atoms with van der Waals surface area (Å²) in [4.78, 5) is 52.4. The molecular weight excluding hydrogens is 678 g/mol. The van der Waals surface area contributed by atoms with Gasteiger partial charge in [0.2, 0.25) is 5.78 Å². The van der Waals surface area contributed by atoms with Crippen LogP contribution in [0, 0.1) is 6.92 Å². The minimum absolute atomic E-state index is 0.0277. The largest absolute Gasteiger partial charge is 0.478 e. The molecule has 0 unspecified atom stereocenters. The maximum Gasteiger partial charge on any atom is 0.335 e. The Bertz CT molecular complexity index is 2200. The summed E-state index contributed by atoms with van der Waals surface area (Å²) in [5.41, 5.74) is 9.32. The number of aromatic carboxylic acids is 1. The monoisotopic (exact) mass is 719 g/mol. The third-order valence-corrected chi connectivity index (χ3v) is 10.9. The lowest BCUT2D eigenvalue weighted by atomic mass is 9.93. The average molecular weight is 720 g/mol. The second-order valence-corrected chi connectivity index (χ2v) is 14.2. The summed E-state index contributed by atoms with van der Waals surface area (Å²) < 4.78 is 3.82.